The molecule has 6 heteroatoms. The Bertz CT molecular complexity index is 506. The quantitative estimate of drug-likeness (QED) is 0.889. The fourth-order valence-corrected chi connectivity index (χ4v) is 3.01. The van der Waals surface area contributed by atoms with Crippen LogP contribution < -0.4 is 4.90 Å². The van der Waals surface area contributed by atoms with Crippen LogP contribution in [-0.2, 0) is 22.4 Å². The summed E-state index contributed by atoms with van der Waals surface area (Å²) in [5.74, 6) is 0.162. The molecule has 1 aliphatic heterocycles. The summed E-state index contributed by atoms with van der Waals surface area (Å²) in [6.07, 6.45) is 5.82. The predicted octanol–water partition coefficient (Wildman–Crippen LogP) is 1.04. The minimum absolute atomic E-state index is 0.0454. The summed E-state index contributed by atoms with van der Waals surface area (Å²) < 4.78 is 5.52. The van der Waals surface area contributed by atoms with Crippen LogP contribution in [0.2, 0.25) is 0 Å². The van der Waals surface area contributed by atoms with E-state index in [4.69, 9.17) is 9.84 Å². The molecule has 0 saturated carbocycles. The van der Waals surface area contributed by atoms with Gasteiger partial charge in [0.05, 0.1) is 19.1 Å². The first kappa shape index (κ1) is 13.3. The summed E-state index contributed by atoms with van der Waals surface area (Å²) in [7, 11) is 0. The number of carboxylic acids is 1. The number of rotatable bonds is 3. The van der Waals surface area contributed by atoms with Crippen LogP contribution >= 0.6 is 0 Å². The number of carboxylic acid groups (broad SMARTS) is 1. The van der Waals surface area contributed by atoms with E-state index in [2.05, 4.69) is 14.9 Å². The molecule has 1 atom stereocenters. The second-order valence-electron chi connectivity index (χ2n) is 5.37. The normalized spacial score (nSPS) is 22.4. The van der Waals surface area contributed by atoms with Crippen LogP contribution in [0.3, 0.4) is 0 Å². The van der Waals surface area contributed by atoms with Gasteiger partial charge < -0.3 is 14.7 Å². The lowest BCUT2D eigenvalue weighted by molar-refractivity contribution is -0.140. The van der Waals surface area contributed by atoms with Crippen molar-refractivity contribution in [3.8, 4) is 0 Å². The molecule has 0 spiro atoms. The van der Waals surface area contributed by atoms with Crippen LogP contribution in [-0.4, -0.2) is 46.8 Å². The van der Waals surface area contributed by atoms with E-state index in [0.717, 1.165) is 30.9 Å². The highest BCUT2D eigenvalue weighted by molar-refractivity contribution is 5.67. The molecule has 1 saturated heterocycles. The molecule has 0 aromatic carbocycles. The predicted molar refractivity (Wildman–Crippen MR) is 72.9 cm³/mol. The molecule has 2 heterocycles. The Balaban J connectivity index is 1.80. The van der Waals surface area contributed by atoms with Crippen LogP contribution in [0.25, 0.3) is 0 Å². The Hall–Kier alpha value is -1.69. The lowest BCUT2D eigenvalue weighted by Gasteiger charge is -2.35. The molecular weight excluding hydrogens is 258 g/mol. The molecule has 6 nitrogen and oxygen atoms in total. The molecule has 1 aliphatic carbocycles. The summed E-state index contributed by atoms with van der Waals surface area (Å²) in [4.78, 5) is 21.8. The number of carbonyl (C=O) groups is 1. The zero-order chi connectivity index (χ0) is 13.9. The highest BCUT2D eigenvalue weighted by Gasteiger charge is 2.26. The molecule has 1 fully saturated rings. The molecule has 108 valence electrons. The van der Waals surface area contributed by atoms with E-state index in [1.165, 1.54) is 18.4 Å². The first-order valence-electron chi connectivity index (χ1n) is 7.15. The smallest absolute Gasteiger partial charge is 0.306 e. The van der Waals surface area contributed by atoms with E-state index in [1.807, 2.05) is 0 Å². The summed E-state index contributed by atoms with van der Waals surface area (Å²) in [5.41, 5.74) is 2.40. The van der Waals surface area contributed by atoms with E-state index in [9.17, 15) is 4.79 Å². The van der Waals surface area contributed by atoms with Gasteiger partial charge >= 0.3 is 5.97 Å². The second kappa shape index (κ2) is 5.75. The Morgan fingerprint density at radius 2 is 2.25 bits per heavy atom. The Labute approximate surface area is 117 Å². The molecule has 1 N–H and O–H groups in total. The third kappa shape index (κ3) is 2.75. The monoisotopic (exact) mass is 277 g/mol. The minimum atomic E-state index is -0.818. The molecule has 1 aromatic rings. The molecule has 0 radical (unpaired) electrons. The van der Waals surface area contributed by atoms with Crippen molar-refractivity contribution < 1.29 is 14.6 Å². The van der Waals surface area contributed by atoms with E-state index in [-0.39, 0.29) is 12.5 Å². The van der Waals surface area contributed by atoms with Crippen LogP contribution in [0.4, 0.5) is 5.82 Å². The fraction of sp³-hybridized carbons (Fsp3) is 0.643. The highest BCUT2D eigenvalue weighted by Crippen LogP contribution is 2.28. The topological polar surface area (TPSA) is 75.5 Å². The highest BCUT2D eigenvalue weighted by atomic mass is 16.5. The maximum atomic E-state index is 10.8. The number of hydrogen-bond acceptors (Lipinski definition) is 5. The zero-order valence-corrected chi connectivity index (χ0v) is 11.4. The van der Waals surface area contributed by atoms with Gasteiger partial charge in [-0.25, -0.2) is 9.97 Å². The van der Waals surface area contributed by atoms with Crippen molar-refractivity contribution >= 4 is 11.8 Å². The van der Waals surface area contributed by atoms with Gasteiger partial charge in [0.25, 0.3) is 0 Å². The lowest BCUT2D eigenvalue weighted by Crippen LogP contribution is -2.44. The van der Waals surface area contributed by atoms with E-state index in [0.29, 0.717) is 13.2 Å². The fourth-order valence-electron chi connectivity index (χ4n) is 3.01. The van der Waals surface area contributed by atoms with Gasteiger partial charge in [0, 0.05) is 24.3 Å². The standard InChI is InChI=1S/C14H19N3O3/c18-13(19)7-10-8-17(5-6-20-10)14-11-3-1-2-4-12(11)15-9-16-14/h9-10H,1-8H2,(H,18,19). The third-order valence-corrected chi connectivity index (χ3v) is 3.94. The number of aromatic nitrogens is 2. The maximum absolute atomic E-state index is 10.8. The van der Waals surface area contributed by atoms with Crippen molar-refractivity contribution in [2.45, 2.75) is 38.2 Å². The van der Waals surface area contributed by atoms with Crippen LogP contribution in [0.1, 0.15) is 30.5 Å². The van der Waals surface area contributed by atoms with Gasteiger partial charge in [-0.15, -0.1) is 0 Å². The molecule has 3 rings (SSSR count). The van der Waals surface area contributed by atoms with Crippen molar-refractivity contribution in [2.24, 2.45) is 0 Å². The SMILES string of the molecule is O=C(O)CC1CN(c2ncnc3c2CCCC3)CCO1. The van der Waals surface area contributed by atoms with Gasteiger partial charge in [-0.3, -0.25) is 4.79 Å². The number of morpholine rings is 1. The molecule has 0 amide bonds. The van der Waals surface area contributed by atoms with Gasteiger partial charge in [0.1, 0.15) is 12.1 Å². The van der Waals surface area contributed by atoms with Crippen molar-refractivity contribution in [3.05, 3.63) is 17.6 Å². The van der Waals surface area contributed by atoms with Gasteiger partial charge in [-0.05, 0) is 25.7 Å². The number of fused-ring (bicyclic) bond motifs is 1. The number of nitrogens with zero attached hydrogens (tertiary/aromatic N) is 3. The van der Waals surface area contributed by atoms with Gasteiger partial charge in [0.2, 0.25) is 0 Å². The van der Waals surface area contributed by atoms with Crippen molar-refractivity contribution in [1.82, 2.24) is 9.97 Å². The van der Waals surface area contributed by atoms with Crippen LogP contribution in [0, 0.1) is 0 Å². The molecule has 2 aliphatic rings. The number of hydrogen-bond donors (Lipinski definition) is 1. The van der Waals surface area contributed by atoms with Gasteiger partial charge in [-0.1, -0.05) is 0 Å². The summed E-state index contributed by atoms with van der Waals surface area (Å²) in [6, 6.07) is 0. The molecule has 1 aromatic heterocycles. The minimum Gasteiger partial charge on any atom is -0.481 e. The largest absolute Gasteiger partial charge is 0.481 e. The van der Waals surface area contributed by atoms with E-state index in [1.54, 1.807) is 6.33 Å². The number of aryl methyl sites for hydroxylation is 1. The first-order chi connectivity index (χ1) is 9.74. The summed E-state index contributed by atoms with van der Waals surface area (Å²) >= 11 is 0. The van der Waals surface area contributed by atoms with Gasteiger partial charge in [0.15, 0.2) is 0 Å². The molecule has 20 heavy (non-hydrogen) atoms. The summed E-state index contributed by atoms with van der Waals surface area (Å²) in [5, 5.41) is 8.89. The lowest BCUT2D eigenvalue weighted by atomic mass is 9.96. The molecular formula is C14H19N3O3. The number of ether oxygens (including phenoxy) is 1. The number of anilines is 1. The average Bonchev–Trinajstić information content (AvgIpc) is 2.46. The van der Waals surface area contributed by atoms with E-state index < -0.39 is 5.97 Å². The maximum Gasteiger partial charge on any atom is 0.306 e. The van der Waals surface area contributed by atoms with Crippen molar-refractivity contribution in [3.63, 3.8) is 0 Å². The van der Waals surface area contributed by atoms with Crippen LogP contribution in [0.5, 0.6) is 0 Å². The summed E-state index contributed by atoms with van der Waals surface area (Å²) in [6.45, 7) is 1.91. The average molecular weight is 277 g/mol. The number of aliphatic carboxylic acids is 1. The Morgan fingerprint density at radius 1 is 1.40 bits per heavy atom. The Morgan fingerprint density at radius 3 is 3.10 bits per heavy atom. The first-order valence-corrected chi connectivity index (χ1v) is 7.15. The van der Waals surface area contributed by atoms with E-state index >= 15 is 0 Å². The van der Waals surface area contributed by atoms with Crippen molar-refractivity contribution in [1.29, 1.82) is 0 Å². The second-order valence-corrected chi connectivity index (χ2v) is 5.37. The molecule has 1 unspecified atom stereocenters. The van der Waals surface area contributed by atoms with Gasteiger partial charge in [-0.2, -0.15) is 0 Å². The zero-order valence-electron chi connectivity index (χ0n) is 11.4. The Kier molecular flexibility index (Phi) is 3.82. The van der Waals surface area contributed by atoms with Crippen LogP contribution in [0.15, 0.2) is 6.33 Å². The molecule has 0 bridgehead atoms. The van der Waals surface area contributed by atoms with Crippen molar-refractivity contribution in [2.75, 3.05) is 24.6 Å². The third-order valence-electron chi connectivity index (χ3n) is 3.94.